The first-order valence-electron chi connectivity index (χ1n) is 5.41. The summed E-state index contributed by atoms with van der Waals surface area (Å²) in [7, 11) is 0. The maximum absolute atomic E-state index is 11.6. The van der Waals surface area contributed by atoms with E-state index >= 15 is 0 Å². The Morgan fingerprint density at radius 2 is 2.08 bits per heavy atom. The van der Waals surface area contributed by atoms with E-state index in [9.17, 15) is 4.79 Å². The zero-order chi connectivity index (χ0) is 9.84. The van der Waals surface area contributed by atoms with E-state index < -0.39 is 0 Å². The Morgan fingerprint density at radius 1 is 1.38 bits per heavy atom. The van der Waals surface area contributed by atoms with Gasteiger partial charge in [-0.1, -0.05) is 38.8 Å². The van der Waals surface area contributed by atoms with Gasteiger partial charge in [-0.15, -0.1) is 0 Å². The molecule has 0 saturated heterocycles. The van der Waals surface area contributed by atoms with Gasteiger partial charge in [-0.3, -0.25) is 4.79 Å². The predicted octanol–water partition coefficient (Wildman–Crippen LogP) is 3.35. The molecule has 0 amide bonds. The van der Waals surface area contributed by atoms with Crippen LogP contribution in [0.1, 0.15) is 46.0 Å². The van der Waals surface area contributed by atoms with E-state index in [1.807, 2.05) is 0 Å². The molecular formula is C12H20O. The molecule has 0 aromatic heterocycles. The highest BCUT2D eigenvalue weighted by Gasteiger charge is 2.35. The second kappa shape index (κ2) is 4.59. The Balaban J connectivity index is 2.58. The molecule has 1 aliphatic carbocycles. The zero-order valence-electron chi connectivity index (χ0n) is 8.81. The van der Waals surface area contributed by atoms with Crippen molar-refractivity contribution >= 4 is 5.78 Å². The first-order valence-corrected chi connectivity index (χ1v) is 5.41. The summed E-state index contributed by atoms with van der Waals surface area (Å²) in [6, 6.07) is 0. The molecule has 0 spiro atoms. The Labute approximate surface area is 81.2 Å². The van der Waals surface area contributed by atoms with Crippen LogP contribution in [-0.2, 0) is 4.79 Å². The summed E-state index contributed by atoms with van der Waals surface area (Å²) in [4.78, 5) is 11.6. The summed E-state index contributed by atoms with van der Waals surface area (Å²) in [6.45, 7) is 8.33. The highest BCUT2D eigenvalue weighted by Crippen LogP contribution is 2.37. The molecule has 0 aliphatic heterocycles. The number of ketones is 1. The summed E-state index contributed by atoms with van der Waals surface area (Å²) in [5.74, 6) is 1.22. The fourth-order valence-corrected chi connectivity index (χ4v) is 2.35. The standard InChI is InChI=1S/C12H20O/c1-4-6-7-11-10(5-2)9(3)8-12(11)13/h10-11H,3-8H2,1-2H3. The monoisotopic (exact) mass is 180 g/mol. The summed E-state index contributed by atoms with van der Waals surface area (Å²) in [6.07, 6.45) is 5.17. The van der Waals surface area contributed by atoms with Crippen LogP contribution in [0, 0.1) is 11.8 Å². The number of hydrogen-bond acceptors (Lipinski definition) is 1. The topological polar surface area (TPSA) is 17.1 Å². The molecule has 1 nitrogen and oxygen atoms in total. The third kappa shape index (κ3) is 2.20. The lowest BCUT2D eigenvalue weighted by Crippen LogP contribution is -2.14. The van der Waals surface area contributed by atoms with Gasteiger partial charge in [0.15, 0.2) is 0 Å². The average molecular weight is 180 g/mol. The minimum Gasteiger partial charge on any atom is -0.299 e. The summed E-state index contributed by atoms with van der Waals surface area (Å²) in [5.41, 5.74) is 1.17. The molecule has 0 N–H and O–H groups in total. The Morgan fingerprint density at radius 3 is 2.62 bits per heavy atom. The van der Waals surface area contributed by atoms with Crippen LogP contribution in [-0.4, -0.2) is 5.78 Å². The van der Waals surface area contributed by atoms with Gasteiger partial charge in [0.1, 0.15) is 5.78 Å². The molecule has 1 rings (SSSR count). The molecule has 0 bridgehead atoms. The smallest absolute Gasteiger partial charge is 0.140 e. The van der Waals surface area contributed by atoms with Gasteiger partial charge in [0.05, 0.1) is 0 Å². The van der Waals surface area contributed by atoms with Crippen molar-refractivity contribution in [1.29, 1.82) is 0 Å². The van der Waals surface area contributed by atoms with Crippen molar-refractivity contribution in [1.82, 2.24) is 0 Å². The third-order valence-electron chi connectivity index (χ3n) is 3.13. The lowest BCUT2D eigenvalue weighted by atomic mass is 9.87. The molecule has 0 radical (unpaired) electrons. The van der Waals surface area contributed by atoms with Crippen molar-refractivity contribution in [2.45, 2.75) is 46.0 Å². The molecule has 0 heterocycles. The van der Waals surface area contributed by atoms with Gasteiger partial charge in [-0.2, -0.15) is 0 Å². The van der Waals surface area contributed by atoms with Gasteiger partial charge in [0, 0.05) is 12.3 Å². The van der Waals surface area contributed by atoms with Gasteiger partial charge in [0.25, 0.3) is 0 Å². The Bertz CT molecular complexity index is 205. The highest BCUT2D eigenvalue weighted by molar-refractivity contribution is 5.87. The first-order chi connectivity index (χ1) is 6.20. The van der Waals surface area contributed by atoms with E-state index in [4.69, 9.17) is 0 Å². The van der Waals surface area contributed by atoms with Gasteiger partial charge in [-0.05, 0) is 18.8 Å². The molecule has 1 aliphatic rings. The average Bonchev–Trinajstić information content (AvgIpc) is 2.37. The van der Waals surface area contributed by atoms with Gasteiger partial charge in [0.2, 0.25) is 0 Å². The lowest BCUT2D eigenvalue weighted by molar-refractivity contribution is -0.121. The van der Waals surface area contributed by atoms with Crippen LogP contribution in [0.3, 0.4) is 0 Å². The highest BCUT2D eigenvalue weighted by atomic mass is 16.1. The van der Waals surface area contributed by atoms with Gasteiger partial charge >= 0.3 is 0 Å². The Kier molecular flexibility index (Phi) is 3.71. The largest absolute Gasteiger partial charge is 0.299 e. The Hall–Kier alpha value is -0.590. The second-order valence-corrected chi connectivity index (χ2v) is 4.06. The fraction of sp³-hybridized carbons (Fsp3) is 0.750. The van der Waals surface area contributed by atoms with E-state index in [1.165, 1.54) is 18.4 Å². The molecule has 1 fully saturated rings. The van der Waals surface area contributed by atoms with Crippen molar-refractivity contribution in [3.8, 4) is 0 Å². The van der Waals surface area contributed by atoms with Crippen LogP contribution in [0.5, 0.6) is 0 Å². The predicted molar refractivity (Wildman–Crippen MR) is 55.6 cm³/mol. The number of carbonyl (C=O) groups is 1. The van der Waals surface area contributed by atoms with Crippen LogP contribution >= 0.6 is 0 Å². The molecule has 0 aromatic rings. The molecule has 1 saturated carbocycles. The minimum atomic E-state index is 0.303. The summed E-state index contributed by atoms with van der Waals surface area (Å²) >= 11 is 0. The number of hydrogen-bond donors (Lipinski definition) is 0. The van der Waals surface area contributed by atoms with Crippen molar-refractivity contribution in [2.24, 2.45) is 11.8 Å². The number of rotatable bonds is 4. The van der Waals surface area contributed by atoms with Gasteiger partial charge in [-0.25, -0.2) is 0 Å². The van der Waals surface area contributed by atoms with E-state index in [-0.39, 0.29) is 0 Å². The third-order valence-corrected chi connectivity index (χ3v) is 3.13. The van der Waals surface area contributed by atoms with Crippen LogP contribution in [0.4, 0.5) is 0 Å². The van der Waals surface area contributed by atoms with Crippen LogP contribution < -0.4 is 0 Å². The molecule has 74 valence electrons. The van der Waals surface area contributed by atoms with E-state index in [0.29, 0.717) is 24.0 Å². The van der Waals surface area contributed by atoms with Crippen molar-refractivity contribution in [2.75, 3.05) is 0 Å². The number of unbranched alkanes of at least 4 members (excludes halogenated alkanes) is 1. The molecule has 13 heavy (non-hydrogen) atoms. The minimum absolute atomic E-state index is 0.303. The summed E-state index contributed by atoms with van der Waals surface area (Å²) in [5, 5.41) is 0. The number of carbonyl (C=O) groups excluding carboxylic acids is 1. The fourth-order valence-electron chi connectivity index (χ4n) is 2.35. The summed E-state index contributed by atoms with van der Waals surface area (Å²) < 4.78 is 0. The van der Waals surface area contributed by atoms with Gasteiger partial charge < -0.3 is 0 Å². The van der Waals surface area contributed by atoms with E-state index in [1.54, 1.807) is 0 Å². The maximum Gasteiger partial charge on any atom is 0.140 e. The van der Waals surface area contributed by atoms with Crippen molar-refractivity contribution in [3.05, 3.63) is 12.2 Å². The molecule has 0 aromatic carbocycles. The second-order valence-electron chi connectivity index (χ2n) is 4.06. The maximum atomic E-state index is 11.6. The zero-order valence-corrected chi connectivity index (χ0v) is 8.81. The number of allylic oxidation sites excluding steroid dienone is 1. The van der Waals surface area contributed by atoms with Crippen molar-refractivity contribution < 1.29 is 4.79 Å². The molecular weight excluding hydrogens is 160 g/mol. The van der Waals surface area contributed by atoms with Crippen LogP contribution in [0.25, 0.3) is 0 Å². The van der Waals surface area contributed by atoms with E-state index in [0.717, 1.165) is 12.8 Å². The SMILES string of the molecule is C=C1CC(=O)C(CCCC)C1CC. The van der Waals surface area contributed by atoms with Crippen molar-refractivity contribution in [3.63, 3.8) is 0 Å². The molecule has 1 heteroatoms. The van der Waals surface area contributed by atoms with E-state index in [2.05, 4.69) is 20.4 Å². The molecule has 2 atom stereocenters. The van der Waals surface area contributed by atoms with Crippen LogP contribution in [0.2, 0.25) is 0 Å². The normalized spacial score (nSPS) is 28.5. The molecule has 2 unspecified atom stereocenters. The van der Waals surface area contributed by atoms with Crippen LogP contribution in [0.15, 0.2) is 12.2 Å². The quantitative estimate of drug-likeness (QED) is 0.606. The number of Topliss-reactive ketones (excluding diaryl/α,β-unsaturated/α-hetero) is 1. The first kappa shape index (κ1) is 10.5. The lowest BCUT2D eigenvalue weighted by Gasteiger charge is -2.16.